The highest BCUT2D eigenvalue weighted by Crippen LogP contribution is 2.17. The first-order chi connectivity index (χ1) is 9.10. The minimum atomic E-state index is -0.644. The van der Waals surface area contributed by atoms with E-state index in [1.807, 2.05) is 6.07 Å². The van der Waals surface area contributed by atoms with Gasteiger partial charge in [-0.3, -0.25) is 4.79 Å². The second-order valence-corrected chi connectivity index (χ2v) is 4.33. The molecule has 0 saturated carbocycles. The highest BCUT2D eigenvalue weighted by atomic mass is 32.1. The molecular formula is C14H9FN2OS. The van der Waals surface area contributed by atoms with Gasteiger partial charge in [0.15, 0.2) is 0 Å². The van der Waals surface area contributed by atoms with Crippen molar-refractivity contribution in [3.05, 3.63) is 59.4 Å². The number of benzene rings is 2. The van der Waals surface area contributed by atoms with Crippen LogP contribution in [-0.4, -0.2) is 5.91 Å². The zero-order valence-corrected chi connectivity index (χ0v) is 10.6. The summed E-state index contributed by atoms with van der Waals surface area (Å²) >= 11 is 4.13. The zero-order chi connectivity index (χ0) is 13.8. The van der Waals surface area contributed by atoms with Crippen LogP contribution in [0, 0.1) is 17.1 Å². The number of thiol groups is 1. The molecule has 3 nitrogen and oxygen atoms in total. The molecule has 2 aromatic rings. The number of carbonyl (C=O) groups excluding carboxylic acids is 1. The summed E-state index contributed by atoms with van der Waals surface area (Å²) < 4.78 is 13.6. The number of hydrogen-bond acceptors (Lipinski definition) is 3. The van der Waals surface area contributed by atoms with Gasteiger partial charge in [-0.2, -0.15) is 5.26 Å². The van der Waals surface area contributed by atoms with Crippen molar-refractivity contribution in [3.8, 4) is 6.07 Å². The Morgan fingerprint density at radius 2 is 2.05 bits per heavy atom. The molecule has 1 amide bonds. The van der Waals surface area contributed by atoms with Gasteiger partial charge in [-0.1, -0.05) is 6.07 Å². The molecule has 0 aliphatic rings. The molecule has 0 fully saturated rings. The zero-order valence-electron chi connectivity index (χ0n) is 9.72. The fourth-order valence-corrected chi connectivity index (χ4v) is 1.75. The Balaban J connectivity index is 2.22. The van der Waals surface area contributed by atoms with E-state index in [1.54, 1.807) is 24.3 Å². The third-order valence-corrected chi connectivity index (χ3v) is 2.73. The SMILES string of the molecule is N#Cc1ccc(NC(=O)c2cccc(S)c2)c(F)c1. The molecule has 0 saturated heterocycles. The summed E-state index contributed by atoms with van der Waals surface area (Å²) in [6.07, 6.45) is 0. The fraction of sp³-hybridized carbons (Fsp3) is 0. The maximum absolute atomic E-state index is 13.6. The molecule has 0 radical (unpaired) electrons. The summed E-state index contributed by atoms with van der Waals surface area (Å²) in [7, 11) is 0. The number of rotatable bonds is 2. The third-order valence-electron chi connectivity index (χ3n) is 2.45. The molecular weight excluding hydrogens is 263 g/mol. The summed E-state index contributed by atoms with van der Waals surface area (Å²) in [4.78, 5) is 12.5. The van der Waals surface area contributed by atoms with Crippen LogP contribution in [0.4, 0.5) is 10.1 Å². The van der Waals surface area contributed by atoms with Crippen LogP contribution in [0.2, 0.25) is 0 Å². The molecule has 0 heterocycles. The molecule has 5 heteroatoms. The Morgan fingerprint density at radius 1 is 1.26 bits per heavy atom. The summed E-state index contributed by atoms with van der Waals surface area (Å²) in [6, 6.07) is 12.3. The van der Waals surface area contributed by atoms with Crippen LogP contribution >= 0.6 is 12.6 Å². The molecule has 1 N–H and O–H groups in total. The number of carbonyl (C=O) groups is 1. The van der Waals surface area contributed by atoms with Gasteiger partial charge in [-0.25, -0.2) is 4.39 Å². The average Bonchev–Trinajstić information content (AvgIpc) is 2.41. The lowest BCUT2D eigenvalue weighted by Gasteiger charge is -2.07. The standard InChI is InChI=1S/C14H9FN2OS/c15-12-6-9(8-16)4-5-13(12)17-14(18)10-2-1-3-11(19)7-10/h1-7,19H,(H,17,18). The quantitative estimate of drug-likeness (QED) is 0.825. The van der Waals surface area contributed by atoms with E-state index >= 15 is 0 Å². The molecule has 0 aliphatic carbocycles. The van der Waals surface area contributed by atoms with Crippen molar-refractivity contribution in [2.24, 2.45) is 0 Å². The minimum absolute atomic E-state index is 0.0357. The summed E-state index contributed by atoms with van der Waals surface area (Å²) in [6.45, 7) is 0. The Labute approximate surface area is 115 Å². The predicted octanol–water partition coefficient (Wildman–Crippen LogP) is 3.24. The molecule has 0 bridgehead atoms. The first-order valence-electron chi connectivity index (χ1n) is 5.40. The Morgan fingerprint density at radius 3 is 2.68 bits per heavy atom. The first-order valence-corrected chi connectivity index (χ1v) is 5.85. The molecule has 19 heavy (non-hydrogen) atoms. The van der Waals surface area contributed by atoms with Gasteiger partial charge in [-0.05, 0) is 36.4 Å². The maximum Gasteiger partial charge on any atom is 0.255 e. The van der Waals surface area contributed by atoms with Gasteiger partial charge in [0.25, 0.3) is 5.91 Å². The van der Waals surface area contributed by atoms with Crippen LogP contribution in [0.25, 0.3) is 0 Å². The largest absolute Gasteiger partial charge is 0.319 e. The molecule has 2 aromatic carbocycles. The van der Waals surface area contributed by atoms with E-state index in [1.165, 1.54) is 12.1 Å². The lowest BCUT2D eigenvalue weighted by molar-refractivity contribution is 0.102. The first kappa shape index (κ1) is 13.1. The second-order valence-electron chi connectivity index (χ2n) is 3.81. The molecule has 94 valence electrons. The van der Waals surface area contributed by atoms with Crippen LogP contribution in [0.15, 0.2) is 47.4 Å². The average molecular weight is 272 g/mol. The van der Waals surface area contributed by atoms with E-state index in [9.17, 15) is 9.18 Å². The predicted molar refractivity (Wildman–Crippen MR) is 72.8 cm³/mol. The summed E-state index contributed by atoms with van der Waals surface area (Å²) in [5.74, 6) is -1.08. The van der Waals surface area contributed by atoms with E-state index in [2.05, 4.69) is 17.9 Å². The topological polar surface area (TPSA) is 52.9 Å². The normalized spacial score (nSPS) is 9.74. The summed E-state index contributed by atoms with van der Waals surface area (Å²) in [5.41, 5.74) is 0.623. The maximum atomic E-state index is 13.6. The van der Waals surface area contributed by atoms with Crippen LogP contribution < -0.4 is 5.32 Å². The number of nitriles is 1. The molecule has 0 unspecified atom stereocenters. The Hall–Kier alpha value is -2.32. The van der Waals surface area contributed by atoms with Gasteiger partial charge in [-0.15, -0.1) is 12.6 Å². The van der Waals surface area contributed by atoms with Crippen molar-refractivity contribution < 1.29 is 9.18 Å². The number of nitrogens with one attached hydrogen (secondary N) is 1. The van der Waals surface area contributed by atoms with Crippen LogP contribution in [-0.2, 0) is 0 Å². The van der Waals surface area contributed by atoms with Gasteiger partial charge in [0, 0.05) is 10.5 Å². The summed E-state index contributed by atoms with van der Waals surface area (Å²) in [5, 5.41) is 11.1. The van der Waals surface area contributed by atoms with Gasteiger partial charge in [0.2, 0.25) is 0 Å². The van der Waals surface area contributed by atoms with E-state index < -0.39 is 11.7 Å². The number of hydrogen-bond donors (Lipinski definition) is 2. The Kier molecular flexibility index (Phi) is 3.83. The van der Waals surface area contributed by atoms with Crippen molar-refractivity contribution in [3.63, 3.8) is 0 Å². The van der Waals surface area contributed by atoms with E-state index in [0.29, 0.717) is 10.5 Å². The third kappa shape index (κ3) is 3.12. The highest BCUT2D eigenvalue weighted by Gasteiger charge is 2.10. The minimum Gasteiger partial charge on any atom is -0.319 e. The van der Waals surface area contributed by atoms with Crippen molar-refractivity contribution in [1.29, 1.82) is 5.26 Å². The molecule has 0 aromatic heterocycles. The molecule has 0 spiro atoms. The van der Waals surface area contributed by atoms with E-state index in [4.69, 9.17) is 5.26 Å². The van der Waals surface area contributed by atoms with Crippen molar-refractivity contribution >= 4 is 24.2 Å². The number of halogens is 1. The molecule has 0 aliphatic heterocycles. The van der Waals surface area contributed by atoms with Crippen LogP contribution in [0.5, 0.6) is 0 Å². The lowest BCUT2D eigenvalue weighted by atomic mass is 10.2. The second kappa shape index (κ2) is 5.55. The van der Waals surface area contributed by atoms with E-state index in [-0.39, 0.29) is 11.3 Å². The molecule has 0 atom stereocenters. The van der Waals surface area contributed by atoms with Crippen LogP contribution in [0.3, 0.4) is 0 Å². The van der Waals surface area contributed by atoms with Gasteiger partial charge in [0.05, 0.1) is 17.3 Å². The number of amides is 1. The smallest absolute Gasteiger partial charge is 0.255 e. The van der Waals surface area contributed by atoms with Gasteiger partial charge >= 0.3 is 0 Å². The lowest BCUT2D eigenvalue weighted by Crippen LogP contribution is -2.13. The van der Waals surface area contributed by atoms with Crippen molar-refractivity contribution in [2.45, 2.75) is 4.90 Å². The van der Waals surface area contributed by atoms with E-state index in [0.717, 1.165) is 6.07 Å². The highest BCUT2D eigenvalue weighted by molar-refractivity contribution is 7.80. The van der Waals surface area contributed by atoms with Gasteiger partial charge in [0.1, 0.15) is 5.82 Å². The van der Waals surface area contributed by atoms with Crippen molar-refractivity contribution in [1.82, 2.24) is 0 Å². The monoisotopic (exact) mass is 272 g/mol. The fourth-order valence-electron chi connectivity index (χ4n) is 1.53. The number of anilines is 1. The molecule has 2 rings (SSSR count). The number of nitrogens with zero attached hydrogens (tertiary/aromatic N) is 1. The van der Waals surface area contributed by atoms with Crippen LogP contribution in [0.1, 0.15) is 15.9 Å². The van der Waals surface area contributed by atoms with Gasteiger partial charge < -0.3 is 5.32 Å². The van der Waals surface area contributed by atoms with Crippen molar-refractivity contribution in [2.75, 3.05) is 5.32 Å². The Bertz CT molecular complexity index is 679.